The van der Waals surface area contributed by atoms with Crippen molar-refractivity contribution in [3.8, 4) is 0 Å². The van der Waals surface area contributed by atoms with Crippen LogP contribution in [0.3, 0.4) is 0 Å². The summed E-state index contributed by atoms with van der Waals surface area (Å²) in [6, 6.07) is 0. The highest BCUT2D eigenvalue weighted by atomic mass is 16.5. The third kappa shape index (κ3) is 20.3. The first-order valence-corrected chi connectivity index (χ1v) is 10.9. The summed E-state index contributed by atoms with van der Waals surface area (Å²) in [5.41, 5.74) is 0. The van der Waals surface area contributed by atoms with E-state index in [1.807, 2.05) is 27.7 Å². The van der Waals surface area contributed by atoms with Crippen LogP contribution in [0.5, 0.6) is 0 Å². The smallest absolute Gasteiger partial charge is 0.0667 e. The number of nitrogens with zero attached hydrogens (tertiary/aromatic N) is 2. The number of aliphatic hydroxyl groups excluding tert-OH is 2. The molecule has 0 aromatic carbocycles. The lowest BCUT2D eigenvalue weighted by Gasteiger charge is -2.29. The van der Waals surface area contributed by atoms with Gasteiger partial charge in [-0.1, -0.05) is 20.8 Å². The first kappa shape index (κ1) is 29.0. The predicted octanol–water partition coefficient (Wildman–Crippen LogP) is 2.62. The van der Waals surface area contributed by atoms with Crippen molar-refractivity contribution in [3.05, 3.63) is 0 Å². The van der Waals surface area contributed by atoms with Crippen LogP contribution < -0.4 is 0 Å². The minimum Gasteiger partial charge on any atom is -0.392 e. The maximum absolute atomic E-state index is 9.41. The molecule has 0 aromatic heterocycles. The second-order valence-electron chi connectivity index (χ2n) is 6.74. The number of piperidine rings is 1. The highest BCUT2D eigenvalue weighted by Crippen LogP contribution is 2.09. The summed E-state index contributed by atoms with van der Waals surface area (Å²) in [4.78, 5) is 4.55. The zero-order valence-electron chi connectivity index (χ0n) is 19.0. The van der Waals surface area contributed by atoms with E-state index in [-0.39, 0.29) is 12.2 Å². The average Bonchev–Trinajstić information content (AvgIpc) is 2.66. The molecule has 1 saturated heterocycles. The van der Waals surface area contributed by atoms with Crippen LogP contribution in [0.4, 0.5) is 0 Å². The van der Waals surface area contributed by atoms with Crippen molar-refractivity contribution in [2.45, 2.75) is 72.5 Å². The number of β-amino-alcohol motifs (C(OH)–C–C–N with tert-alkyl or cyclic N) is 1. The maximum Gasteiger partial charge on any atom is 0.0667 e. The molecule has 1 aliphatic rings. The molecule has 0 radical (unpaired) electrons. The third-order valence-electron chi connectivity index (χ3n) is 4.24. The van der Waals surface area contributed by atoms with E-state index in [1.165, 1.54) is 0 Å². The molecular weight excluding hydrogens is 344 g/mol. The summed E-state index contributed by atoms with van der Waals surface area (Å²) in [6.07, 6.45) is 3.91. The zero-order valence-corrected chi connectivity index (χ0v) is 19.0. The van der Waals surface area contributed by atoms with Crippen LogP contribution in [-0.2, 0) is 9.47 Å². The van der Waals surface area contributed by atoms with Crippen LogP contribution in [0.1, 0.15) is 60.3 Å². The molecule has 6 nitrogen and oxygen atoms in total. The number of rotatable bonds is 12. The summed E-state index contributed by atoms with van der Waals surface area (Å²) in [7, 11) is 1.71. The molecule has 0 saturated carbocycles. The molecular formula is C21H48N2O4. The molecule has 1 aliphatic heterocycles. The average molecular weight is 393 g/mol. The van der Waals surface area contributed by atoms with E-state index in [2.05, 4.69) is 16.7 Å². The highest BCUT2D eigenvalue weighted by Gasteiger charge is 2.16. The van der Waals surface area contributed by atoms with Gasteiger partial charge in [-0.05, 0) is 52.6 Å². The summed E-state index contributed by atoms with van der Waals surface area (Å²) >= 11 is 0. The third-order valence-corrected chi connectivity index (χ3v) is 4.24. The Morgan fingerprint density at radius 2 is 1.89 bits per heavy atom. The summed E-state index contributed by atoms with van der Waals surface area (Å²) in [5.74, 6) is 0. The molecule has 2 atom stereocenters. The van der Waals surface area contributed by atoms with Crippen LogP contribution >= 0.6 is 0 Å². The number of ether oxygens (including phenoxy) is 2. The molecule has 0 aliphatic carbocycles. The largest absolute Gasteiger partial charge is 0.392 e. The number of hydrogen-bond donors (Lipinski definition) is 2. The van der Waals surface area contributed by atoms with E-state index in [0.717, 1.165) is 84.8 Å². The summed E-state index contributed by atoms with van der Waals surface area (Å²) < 4.78 is 10.2. The first-order chi connectivity index (χ1) is 13.0. The van der Waals surface area contributed by atoms with Gasteiger partial charge in [0.15, 0.2) is 0 Å². The van der Waals surface area contributed by atoms with Crippen molar-refractivity contribution in [1.29, 1.82) is 0 Å². The molecule has 2 unspecified atom stereocenters. The van der Waals surface area contributed by atoms with Crippen LogP contribution in [0.15, 0.2) is 0 Å². The van der Waals surface area contributed by atoms with Gasteiger partial charge in [-0.3, -0.25) is 0 Å². The lowest BCUT2D eigenvalue weighted by molar-refractivity contribution is 0.0620. The number of likely N-dealkylation sites (N-methyl/N-ethyl adjacent to an activating group) is 1. The fraction of sp³-hybridized carbons (Fsp3) is 1.00. The summed E-state index contributed by atoms with van der Waals surface area (Å²) in [6.45, 7) is 18.2. The highest BCUT2D eigenvalue weighted by molar-refractivity contribution is 4.71. The van der Waals surface area contributed by atoms with Gasteiger partial charge in [0.1, 0.15) is 0 Å². The standard InChI is InChI=1S/C10H21NO2.C9H21NO2.C2H6/c1-2-13-8-4-7-11-6-3-5-10(12)9-11;1-4-10(8-9(2)11)6-5-7-12-3;1-2/h10,12H,2-9H2,1H3;9,11H,4-8H2,1-3H3;1-2H3. The fourth-order valence-electron chi connectivity index (χ4n) is 2.95. The van der Waals surface area contributed by atoms with Gasteiger partial charge < -0.3 is 29.5 Å². The zero-order chi connectivity index (χ0) is 20.9. The Morgan fingerprint density at radius 3 is 2.41 bits per heavy atom. The Kier molecular flexibility index (Phi) is 23.7. The second kappa shape index (κ2) is 22.1. The van der Waals surface area contributed by atoms with Crippen molar-refractivity contribution < 1.29 is 19.7 Å². The molecule has 0 bridgehead atoms. The minimum atomic E-state index is -0.229. The van der Waals surface area contributed by atoms with Gasteiger partial charge in [-0.25, -0.2) is 0 Å². The molecule has 1 rings (SSSR count). The van der Waals surface area contributed by atoms with Gasteiger partial charge in [-0.15, -0.1) is 0 Å². The van der Waals surface area contributed by atoms with Crippen LogP contribution in [0.25, 0.3) is 0 Å². The first-order valence-electron chi connectivity index (χ1n) is 10.9. The topological polar surface area (TPSA) is 65.4 Å². The number of hydrogen-bond acceptors (Lipinski definition) is 6. The molecule has 6 heteroatoms. The van der Waals surface area contributed by atoms with Crippen molar-refractivity contribution in [1.82, 2.24) is 9.80 Å². The molecule has 2 N–H and O–H groups in total. The fourth-order valence-corrected chi connectivity index (χ4v) is 2.95. The van der Waals surface area contributed by atoms with E-state index in [0.29, 0.717) is 0 Å². The SMILES string of the molecule is CC.CCN(CCCOC)CC(C)O.CCOCCCN1CCCC(O)C1. The van der Waals surface area contributed by atoms with E-state index in [1.54, 1.807) is 7.11 Å². The van der Waals surface area contributed by atoms with Gasteiger partial charge >= 0.3 is 0 Å². The van der Waals surface area contributed by atoms with Gasteiger partial charge in [-0.2, -0.15) is 0 Å². The van der Waals surface area contributed by atoms with Crippen LogP contribution in [0.2, 0.25) is 0 Å². The normalized spacial score (nSPS) is 18.3. The van der Waals surface area contributed by atoms with Crippen molar-refractivity contribution in [2.75, 3.05) is 66.2 Å². The van der Waals surface area contributed by atoms with E-state index in [9.17, 15) is 5.11 Å². The van der Waals surface area contributed by atoms with Crippen molar-refractivity contribution in [2.24, 2.45) is 0 Å². The Labute approximate surface area is 168 Å². The molecule has 166 valence electrons. The van der Waals surface area contributed by atoms with E-state index in [4.69, 9.17) is 14.6 Å². The number of methoxy groups -OCH3 is 1. The van der Waals surface area contributed by atoms with Gasteiger partial charge in [0, 0.05) is 53.1 Å². The minimum absolute atomic E-state index is 0.0964. The number of aliphatic hydroxyl groups is 2. The molecule has 0 spiro atoms. The monoisotopic (exact) mass is 392 g/mol. The van der Waals surface area contributed by atoms with Crippen molar-refractivity contribution >= 4 is 0 Å². The van der Waals surface area contributed by atoms with Gasteiger partial charge in [0.25, 0.3) is 0 Å². The Balaban J connectivity index is 0. The Bertz CT molecular complexity index is 281. The number of likely N-dealkylation sites (tertiary alicyclic amines) is 1. The van der Waals surface area contributed by atoms with Crippen molar-refractivity contribution in [3.63, 3.8) is 0 Å². The lowest BCUT2D eigenvalue weighted by atomic mass is 10.1. The predicted molar refractivity (Wildman–Crippen MR) is 114 cm³/mol. The van der Waals surface area contributed by atoms with E-state index >= 15 is 0 Å². The lowest BCUT2D eigenvalue weighted by Crippen LogP contribution is -2.38. The Morgan fingerprint density at radius 1 is 1.19 bits per heavy atom. The molecule has 27 heavy (non-hydrogen) atoms. The molecule has 1 fully saturated rings. The van der Waals surface area contributed by atoms with Gasteiger partial charge in [0.2, 0.25) is 0 Å². The van der Waals surface area contributed by atoms with Crippen LogP contribution in [0, 0.1) is 0 Å². The molecule has 1 heterocycles. The molecule has 0 amide bonds. The maximum atomic E-state index is 9.41. The summed E-state index contributed by atoms with van der Waals surface area (Å²) in [5, 5.41) is 18.5. The van der Waals surface area contributed by atoms with E-state index < -0.39 is 0 Å². The van der Waals surface area contributed by atoms with Gasteiger partial charge in [0.05, 0.1) is 12.2 Å². The second-order valence-corrected chi connectivity index (χ2v) is 6.74. The van der Waals surface area contributed by atoms with Crippen LogP contribution in [-0.4, -0.2) is 98.4 Å². The Hall–Kier alpha value is -0.240. The molecule has 0 aromatic rings. The quantitative estimate of drug-likeness (QED) is 0.498.